The molecule has 0 bridgehead atoms. The largest absolute Gasteiger partial charge is 0.467 e. The standard InChI is InChI=1S/C24H25N3O4/c1-16-13-18-5-3-4-6-21(18)27(16)15-22-20(11-12-31-22)23(28)25-14-17-7-9-19(10-8-17)26-24(29)30-2/h3-12,16H,13-15H2,1-2H3,(H,25,28)(H,26,29). The molecule has 0 aliphatic carbocycles. The fraction of sp³-hybridized carbons (Fsp3) is 0.250. The van der Waals surface area contributed by atoms with Crippen molar-refractivity contribution in [3.8, 4) is 0 Å². The molecule has 4 rings (SSSR count). The van der Waals surface area contributed by atoms with Gasteiger partial charge in [-0.3, -0.25) is 10.1 Å². The van der Waals surface area contributed by atoms with E-state index in [0.717, 1.165) is 12.0 Å². The van der Waals surface area contributed by atoms with Crippen molar-refractivity contribution < 1.29 is 18.7 Å². The first-order valence-electron chi connectivity index (χ1n) is 10.2. The first-order valence-corrected chi connectivity index (χ1v) is 10.2. The molecule has 1 aliphatic heterocycles. The van der Waals surface area contributed by atoms with Gasteiger partial charge in [-0.2, -0.15) is 0 Å². The third-order valence-electron chi connectivity index (χ3n) is 5.49. The number of para-hydroxylation sites is 1. The molecule has 7 nitrogen and oxygen atoms in total. The molecule has 0 saturated carbocycles. The van der Waals surface area contributed by atoms with Crippen molar-refractivity contribution in [3.05, 3.63) is 83.3 Å². The number of amides is 2. The molecule has 1 aliphatic rings. The number of hydrogen-bond acceptors (Lipinski definition) is 5. The first kappa shape index (κ1) is 20.5. The lowest BCUT2D eigenvalue weighted by molar-refractivity contribution is 0.0948. The highest BCUT2D eigenvalue weighted by Gasteiger charge is 2.27. The molecule has 1 unspecified atom stereocenters. The summed E-state index contributed by atoms with van der Waals surface area (Å²) < 4.78 is 10.2. The Kier molecular flexibility index (Phi) is 5.93. The minimum atomic E-state index is -0.525. The highest BCUT2D eigenvalue weighted by atomic mass is 16.5. The lowest BCUT2D eigenvalue weighted by Gasteiger charge is -2.24. The van der Waals surface area contributed by atoms with Crippen molar-refractivity contribution in [1.82, 2.24) is 5.32 Å². The van der Waals surface area contributed by atoms with Crippen LogP contribution < -0.4 is 15.5 Å². The Labute approximate surface area is 181 Å². The number of ether oxygens (including phenoxy) is 1. The van der Waals surface area contributed by atoms with Gasteiger partial charge >= 0.3 is 6.09 Å². The average Bonchev–Trinajstić information content (AvgIpc) is 3.37. The van der Waals surface area contributed by atoms with Crippen LogP contribution in [0.3, 0.4) is 0 Å². The molecule has 3 aromatic rings. The summed E-state index contributed by atoms with van der Waals surface area (Å²) in [5, 5.41) is 5.53. The van der Waals surface area contributed by atoms with Crippen LogP contribution in [0.2, 0.25) is 0 Å². The topological polar surface area (TPSA) is 83.8 Å². The third-order valence-corrected chi connectivity index (χ3v) is 5.49. The second kappa shape index (κ2) is 8.95. The van der Waals surface area contributed by atoms with Crippen molar-refractivity contribution in [2.24, 2.45) is 0 Å². The number of nitrogens with zero attached hydrogens (tertiary/aromatic N) is 1. The van der Waals surface area contributed by atoms with Gasteiger partial charge in [0, 0.05) is 24.0 Å². The molecule has 31 heavy (non-hydrogen) atoms. The summed E-state index contributed by atoms with van der Waals surface area (Å²) in [6.07, 6.45) is 2.02. The van der Waals surface area contributed by atoms with E-state index in [1.54, 1.807) is 24.5 Å². The Balaban J connectivity index is 1.39. The predicted molar refractivity (Wildman–Crippen MR) is 118 cm³/mol. The molecule has 160 valence electrons. The van der Waals surface area contributed by atoms with Crippen LogP contribution in [0.4, 0.5) is 16.2 Å². The van der Waals surface area contributed by atoms with E-state index in [-0.39, 0.29) is 5.91 Å². The van der Waals surface area contributed by atoms with Crippen molar-refractivity contribution in [1.29, 1.82) is 0 Å². The number of benzene rings is 2. The normalized spacial score (nSPS) is 14.8. The number of furan rings is 1. The predicted octanol–water partition coefficient (Wildman–Crippen LogP) is 4.34. The summed E-state index contributed by atoms with van der Waals surface area (Å²) in [7, 11) is 1.31. The average molecular weight is 419 g/mol. The maximum absolute atomic E-state index is 12.8. The molecular formula is C24H25N3O4. The molecule has 0 fully saturated rings. The Bertz CT molecular complexity index is 1070. The monoisotopic (exact) mass is 419 g/mol. The second-order valence-electron chi connectivity index (χ2n) is 7.56. The molecule has 7 heteroatoms. The van der Waals surface area contributed by atoms with E-state index in [4.69, 9.17) is 4.42 Å². The van der Waals surface area contributed by atoms with Crippen molar-refractivity contribution >= 4 is 23.4 Å². The van der Waals surface area contributed by atoms with Crippen molar-refractivity contribution in [2.75, 3.05) is 17.3 Å². The summed E-state index contributed by atoms with van der Waals surface area (Å²) in [5.74, 6) is 0.472. The van der Waals surface area contributed by atoms with Gasteiger partial charge in [-0.1, -0.05) is 30.3 Å². The summed E-state index contributed by atoms with van der Waals surface area (Å²) in [6, 6.07) is 17.6. The van der Waals surface area contributed by atoms with E-state index in [9.17, 15) is 9.59 Å². The number of hydrogen-bond donors (Lipinski definition) is 2. The van der Waals surface area contributed by atoms with Gasteiger partial charge in [0.1, 0.15) is 5.76 Å². The minimum absolute atomic E-state index is 0.180. The van der Waals surface area contributed by atoms with Crippen molar-refractivity contribution in [3.63, 3.8) is 0 Å². The fourth-order valence-corrected chi connectivity index (χ4v) is 3.84. The molecule has 2 amide bonds. The molecule has 0 spiro atoms. The fourth-order valence-electron chi connectivity index (χ4n) is 3.84. The number of anilines is 2. The van der Waals surface area contributed by atoms with Crippen LogP contribution in [0, 0.1) is 0 Å². The van der Waals surface area contributed by atoms with Gasteiger partial charge in [0.25, 0.3) is 5.91 Å². The van der Waals surface area contributed by atoms with E-state index >= 15 is 0 Å². The van der Waals surface area contributed by atoms with Crippen LogP contribution >= 0.6 is 0 Å². The van der Waals surface area contributed by atoms with Crippen LogP contribution in [0.25, 0.3) is 0 Å². The lowest BCUT2D eigenvalue weighted by atomic mass is 10.1. The smallest absolute Gasteiger partial charge is 0.411 e. The van der Waals surface area contributed by atoms with E-state index in [2.05, 4.69) is 45.4 Å². The third kappa shape index (κ3) is 4.55. The zero-order valence-corrected chi connectivity index (χ0v) is 17.6. The van der Waals surface area contributed by atoms with Crippen LogP contribution in [0.15, 0.2) is 65.3 Å². The van der Waals surface area contributed by atoms with Gasteiger partial charge in [-0.25, -0.2) is 4.79 Å². The Hall–Kier alpha value is -3.74. The maximum atomic E-state index is 12.8. The molecule has 2 aromatic carbocycles. The zero-order chi connectivity index (χ0) is 21.8. The van der Waals surface area contributed by atoms with E-state index in [0.29, 0.717) is 36.1 Å². The number of carbonyl (C=O) groups is 2. The summed E-state index contributed by atoms with van der Waals surface area (Å²) in [6.45, 7) is 3.09. The number of methoxy groups -OCH3 is 1. The lowest BCUT2D eigenvalue weighted by Crippen LogP contribution is -2.30. The van der Waals surface area contributed by atoms with Crippen molar-refractivity contribution in [2.45, 2.75) is 32.5 Å². The highest BCUT2D eigenvalue weighted by molar-refractivity contribution is 5.95. The van der Waals surface area contributed by atoms with Gasteiger partial charge in [-0.05, 0) is 48.7 Å². The van der Waals surface area contributed by atoms with Gasteiger partial charge in [-0.15, -0.1) is 0 Å². The van der Waals surface area contributed by atoms with Crippen LogP contribution in [0.5, 0.6) is 0 Å². The quantitative estimate of drug-likeness (QED) is 0.621. The van der Waals surface area contributed by atoms with Crippen LogP contribution in [0.1, 0.15) is 34.2 Å². The molecule has 0 saturated heterocycles. The first-order chi connectivity index (χ1) is 15.0. The molecule has 0 radical (unpaired) electrons. The summed E-state index contributed by atoms with van der Waals surface area (Å²) in [5.41, 5.74) is 4.59. The molecule has 1 atom stereocenters. The van der Waals surface area contributed by atoms with Gasteiger partial charge in [0.05, 0.1) is 25.5 Å². The van der Waals surface area contributed by atoms with E-state index < -0.39 is 6.09 Å². The number of carbonyl (C=O) groups excluding carboxylic acids is 2. The maximum Gasteiger partial charge on any atom is 0.411 e. The number of rotatable bonds is 6. The highest BCUT2D eigenvalue weighted by Crippen LogP contribution is 2.33. The number of fused-ring (bicyclic) bond motifs is 1. The van der Waals surface area contributed by atoms with Gasteiger partial charge < -0.3 is 19.4 Å². The van der Waals surface area contributed by atoms with Crippen LogP contribution in [-0.4, -0.2) is 25.2 Å². The second-order valence-corrected chi connectivity index (χ2v) is 7.56. The number of nitrogens with one attached hydrogen (secondary N) is 2. The van der Waals surface area contributed by atoms with E-state index in [1.807, 2.05) is 18.2 Å². The molecule has 2 heterocycles. The van der Waals surface area contributed by atoms with Gasteiger partial charge in [0.2, 0.25) is 0 Å². The molecule has 1 aromatic heterocycles. The minimum Gasteiger partial charge on any atom is -0.467 e. The van der Waals surface area contributed by atoms with Crippen LogP contribution in [-0.2, 0) is 24.2 Å². The van der Waals surface area contributed by atoms with E-state index in [1.165, 1.54) is 18.4 Å². The summed E-state index contributed by atoms with van der Waals surface area (Å²) in [4.78, 5) is 26.3. The Morgan fingerprint density at radius 1 is 1.13 bits per heavy atom. The van der Waals surface area contributed by atoms with Gasteiger partial charge in [0.15, 0.2) is 0 Å². The Morgan fingerprint density at radius 3 is 2.68 bits per heavy atom. The summed E-state index contributed by atoms with van der Waals surface area (Å²) >= 11 is 0. The zero-order valence-electron chi connectivity index (χ0n) is 17.6. The molecule has 2 N–H and O–H groups in total. The molecular weight excluding hydrogens is 394 g/mol. The SMILES string of the molecule is COC(=O)Nc1ccc(CNC(=O)c2ccoc2CN2c3ccccc3CC2C)cc1. The Morgan fingerprint density at radius 2 is 1.90 bits per heavy atom.